The van der Waals surface area contributed by atoms with Crippen molar-refractivity contribution >= 4 is 6.09 Å². The average Bonchev–Trinajstić information content (AvgIpc) is 3.18. The van der Waals surface area contributed by atoms with Crippen LogP contribution in [-0.4, -0.2) is 54.0 Å². The summed E-state index contributed by atoms with van der Waals surface area (Å²) in [6.07, 6.45) is 6.30. The molecular weight excluding hydrogens is 280 g/mol. The van der Waals surface area contributed by atoms with Crippen LogP contribution in [-0.2, 0) is 4.74 Å². The number of aliphatic hydroxyl groups is 1. The smallest absolute Gasteiger partial charge is 0.410 e. The summed E-state index contributed by atoms with van der Waals surface area (Å²) in [6.45, 7) is 8.56. The molecule has 0 bridgehead atoms. The number of nitrogens with zero attached hydrogens (tertiary/aromatic N) is 1. The molecule has 22 heavy (non-hydrogen) atoms. The van der Waals surface area contributed by atoms with Crippen molar-refractivity contribution in [2.45, 2.75) is 70.9 Å². The van der Waals surface area contributed by atoms with Gasteiger partial charge in [-0.3, -0.25) is 0 Å². The highest BCUT2D eigenvalue weighted by Crippen LogP contribution is 2.48. The van der Waals surface area contributed by atoms with Crippen molar-refractivity contribution in [2.24, 2.45) is 5.41 Å². The van der Waals surface area contributed by atoms with Gasteiger partial charge in [0.05, 0.1) is 0 Å². The highest BCUT2D eigenvalue weighted by atomic mass is 16.6. The molecule has 5 heteroatoms. The van der Waals surface area contributed by atoms with Crippen molar-refractivity contribution in [1.82, 2.24) is 10.2 Å². The Labute approximate surface area is 134 Å². The zero-order valence-corrected chi connectivity index (χ0v) is 14.4. The summed E-state index contributed by atoms with van der Waals surface area (Å²) in [4.78, 5) is 14.0. The number of aliphatic hydroxyl groups excluding tert-OH is 1. The third kappa shape index (κ3) is 5.43. The molecule has 0 aromatic rings. The van der Waals surface area contributed by atoms with E-state index in [2.05, 4.69) is 5.32 Å². The zero-order chi connectivity index (χ0) is 16.2. The maximum absolute atomic E-state index is 12.1. The van der Waals surface area contributed by atoms with Gasteiger partial charge in [0, 0.05) is 32.3 Å². The highest BCUT2D eigenvalue weighted by Gasteiger charge is 2.41. The summed E-state index contributed by atoms with van der Waals surface area (Å²) in [5.41, 5.74) is -0.0738. The van der Waals surface area contributed by atoms with E-state index in [1.165, 1.54) is 12.8 Å². The molecule has 1 amide bonds. The van der Waals surface area contributed by atoms with E-state index >= 15 is 0 Å². The van der Waals surface area contributed by atoms with E-state index in [0.29, 0.717) is 18.1 Å². The third-order valence-corrected chi connectivity index (χ3v) is 4.74. The van der Waals surface area contributed by atoms with Crippen LogP contribution in [0, 0.1) is 5.41 Å². The van der Waals surface area contributed by atoms with Gasteiger partial charge in [0.1, 0.15) is 5.60 Å². The van der Waals surface area contributed by atoms with E-state index in [9.17, 15) is 4.79 Å². The molecule has 1 unspecified atom stereocenters. The van der Waals surface area contributed by atoms with Crippen molar-refractivity contribution in [1.29, 1.82) is 0 Å². The Bertz CT molecular complexity index is 375. The van der Waals surface area contributed by atoms with Gasteiger partial charge in [-0.15, -0.1) is 0 Å². The molecule has 1 saturated carbocycles. The molecule has 1 aliphatic heterocycles. The second kappa shape index (κ2) is 7.18. The Morgan fingerprint density at radius 2 is 2.05 bits per heavy atom. The number of hydrogen-bond acceptors (Lipinski definition) is 4. The summed E-state index contributed by atoms with van der Waals surface area (Å²) in [7, 11) is 0. The summed E-state index contributed by atoms with van der Waals surface area (Å²) in [6, 6.07) is 0.476. The molecule has 1 aliphatic carbocycles. The predicted octanol–water partition coefficient (Wildman–Crippen LogP) is 2.53. The quantitative estimate of drug-likeness (QED) is 0.819. The van der Waals surface area contributed by atoms with E-state index in [1.807, 2.05) is 25.7 Å². The molecule has 1 atom stereocenters. The second-order valence-electron chi connectivity index (χ2n) is 7.95. The third-order valence-electron chi connectivity index (χ3n) is 4.74. The van der Waals surface area contributed by atoms with Gasteiger partial charge in [0.15, 0.2) is 0 Å². The highest BCUT2D eigenvalue weighted by molar-refractivity contribution is 5.68. The molecule has 0 radical (unpaired) electrons. The SMILES string of the molecule is CC(C)(C)OC(=O)N1CCCC(NCC2(CCO)CC2)CC1. The first-order valence-corrected chi connectivity index (χ1v) is 8.66. The molecule has 2 rings (SSSR count). The second-order valence-corrected chi connectivity index (χ2v) is 7.95. The summed E-state index contributed by atoms with van der Waals surface area (Å²) in [5, 5.41) is 12.8. The van der Waals surface area contributed by atoms with Crippen molar-refractivity contribution in [3.63, 3.8) is 0 Å². The maximum Gasteiger partial charge on any atom is 0.410 e. The lowest BCUT2D eigenvalue weighted by molar-refractivity contribution is 0.0256. The van der Waals surface area contributed by atoms with Crippen molar-refractivity contribution in [3.8, 4) is 0 Å². The molecule has 5 nitrogen and oxygen atoms in total. The van der Waals surface area contributed by atoms with E-state index in [-0.39, 0.29) is 6.09 Å². The Kier molecular flexibility index (Phi) is 5.72. The van der Waals surface area contributed by atoms with E-state index in [0.717, 1.165) is 45.3 Å². The Hall–Kier alpha value is -0.810. The number of carbonyl (C=O) groups is 1. The standard InChI is InChI=1S/C17H32N2O3/c1-16(2,3)22-15(21)19-10-4-5-14(6-11-19)18-13-17(7-8-17)9-12-20/h14,18,20H,4-13H2,1-3H3. The van der Waals surface area contributed by atoms with E-state index in [4.69, 9.17) is 9.84 Å². The molecule has 128 valence electrons. The summed E-state index contributed by atoms with van der Waals surface area (Å²) < 4.78 is 5.46. The lowest BCUT2D eigenvalue weighted by Crippen LogP contribution is -2.38. The van der Waals surface area contributed by atoms with Crippen LogP contribution in [0.25, 0.3) is 0 Å². The molecule has 2 aliphatic rings. The van der Waals surface area contributed by atoms with Gasteiger partial charge in [-0.25, -0.2) is 4.79 Å². The Morgan fingerprint density at radius 3 is 2.64 bits per heavy atom. The van der Waals surface area contributed by atoms with Crippen LogP contribution in [0.5, 0.6) is 0 Å². The normalized spacial score (nSPS) is 24.7. The van der Waals surface area contributed by atoms with Gasteiger partial charge >= 0.3 is 6.09 Å². The van der Waals surface area contributed by atoms with Crippen molar-refractivity contribution in [2.75, 3.05) is 26.2 Å². The molecule has 0 aromatic heterocycles. The Balaban J connectivity index is 1.74. The first-order chi connectivity index (χ1) is 10.3. The monoisotopic (exact) mass is 312 g/mol. The van der Waals surface area contributed by atoms with Crippen molar-refractivity contribution < 1.29 is 14.6 Å². The van der Waals surface area contributed by atoms with E-state index < -0.39 is 5.60 Å². The van der Waals surface area contributed by atoms with Gasteiger partial charge in [0.2, 0.25) is 0 Å². The minimum Gasteiger partial charge on any atom is -0.444 e. The van der Waals surface area contributed by atoms with Crippen LogP contribution in [0.1, 0.15) is 59.3 Å². The Morgan fingerprint density at radius 1 is 1.32 bits per heavy atom. The minimum absolute atomic E-state index is 0.188. The minimum atomic E-state index is -0.427. The zero-order valence-electron chi connectivity index (χ0n) is 14.4. The van der Waals surface area contributed by atoms with Crippen LogP contribution in [0.3, 0.4) is 0 Å². The van der Waals surface area contributed by atoms with Gasteiger partial charge in [-0.2, -0.15) is 0 Å². The molecule has 2 fully saturated rings. The van der Waals surface area contributed by atoms with Crippen molar-refractivity contribution in [3.05, 3.63) is 0 Å². The average molecular weight is 312 g/mol. The topological polar surface area (TPSA) is 61.8 Å². The van der Waals surface area contributed by atoms with Gasteiger partial charge in [-0.1, -0.05) is 0 Å². The summed E-state index contributed by atoms with van der Waals surface area (Å²) >= 11 is 0. The lowest BCUT2D eigenvalue weighted by atomic mass is 10.0. The molecular formula is C17H32N2O3. The lowest BCUT2D eigenvalue weighted by Gasteiger charge is -2.26. The predicted molar refractivity (Wildman–Crippen MR) is 86.8 cm³/mol. The molecule has 2 N–H and O–H groups in total. The molecule has 0 spiro atoms. The van der Waals surface area contributed by atoms with Crippen LogP contribution in [0.2, 0.25) is 0 Å². The maximum atomic E-state index is 12.1. The van der Waals surface area contributed by atoms with Crippen LogP contribution in [0.4, 0.5) is 4.79 Å². The first-order valence-electron chi connectivity index (χ1n) is 8.66. The fourth-order valence-electron chi connectivity index (χ4n) is 3.10. The number of likely N-dealkylation sites (tertiary alicyclic amines) is 1. The van der Waals surface area contributed by atoms with E-state index in [1.54, 1.807) is 0 Å². The molecule has 0 aromatic carbocycles. The number of rotatable bonds is 5. The fraction of sp³-hybridized carbons (Fsp3) is 0.941. The number of amides is 1. The number of ether oxygens (including phenoxy) is 1. The first kappa shape index (κ1) is 17.5. The molecule has 1 saturated heterocycles. The van der Waals surface area contributed by atoms with Gasteiger partial charge in [0.25, 0.3) is 0 Å². The van der Waals surface area contributed by atoms with Gasteiger partial charge < -0.3 is 20.1 Å². The number of nitrogens with one attached hydrogen (secondary N) is 1. The number of hydrogen-bond donors (Lipinski definition) is 2. The number of carbonyl (C=O) groups excluding carboxylic acids is 1. The largest absolute Gasteiger partial charge is 0.444 e. The van der Waals surface area contributed by atoms with Gasteiger partial charge in [-0.05, 0) is 64.7 Å². The fourth-order valence-corrected chi connectivity index (χ4v) is 3.10. The summed E-state index contributed by atoms with van der Waals surface area (Å²) in [5.74, 6) is 0. The van der Waals surface area contributed by atoms with Crippen LogP contribution < -0.4 is 5.32 Å². The molecule has 1 heterocycles. The van der Waals surface area contributed by atoms with Crippen LogP contribution in [0.15, 0.2) is 0 Å². The van der Waals surface area contributed by atoms with Crippen LogP contribution >= 0.6 is 0 Å².